The van der Waals surface area contributed by atoms with Crippen LogP contribution in [0.25, 0.3) is 0 Å². The van der Waals surface area contributed by atoms with Crippen molar-refractivity contribution in [2.45, 2.75) is 18.8 Å². The Morgan fingerprint density at radius 3 is 2.86 bits per heavy atom. The highest BCUT2D eigenvalue weighted by molar-refractivity contribution is 5.85. The minimum Gasteiger partial charge on any atom is -0.352 e. The SMILES string of the molecule is Cl.O=C(NCC1=CCNCC1)C1CC1c1ccc(F)cc1F. The molecule has 2 unspecified atom stereocenters. The van der Waals surface area contributed by atoms with E-state index in [-0.39, 0.29) is 30.2 Å². The average Bonchev–Trinajstić information content (AvgIpc) is 3.26. The van der Waals surface area contributed by atoms with E-state index in [2.05, 4.69) is 16.7 Å². The fourth-order valence-corrected chi connectivity index (χ4v) is 2.79. The minimum absolute atomic E-state index is 0. The number of carbonyl (C=O) groups excluding carboxylic acids is 1. The van der Waals surface area contributed by atoms with Crippen molar-refractivity contribution in [2.24, 2.45) is 5.92 Å². The first-order valence-corrected chi connectivity index (χ1v) is 7.26. The van der Waals surface area contributed by atoms with Crippen LogP contribution in [0.2, 0.25) is 0 Å². The third-order valence-electron chi connectivity index (χ3n) is 4.14. The molecule has 2 aliphatic rings. The number of halogens is 3. The predicted octanol–water partition coefficient (Wildman–Crippen LogP) is 2.53. The van der Waals surface area contributed by atoms with Gasteiger partial charge in [-0.05, 0) is 36.9 Å². The summed E-state index contributed by atoms with van der Waals surface area (Å²) in [7, 11) is 0. The Balaban J connectivity index is 0.00000176. The molecule has 1 aromatic carbocycles. The lowest BCUT2D eigenvalue weighted by Gasteiger charge is -2.14. The molecule has 2 atom stereocenters. The maximum Gasteiger partial charge on any atom is 0.224 e. The van der Waals surface area contributed by atoms with E-state index in [1.165, 1.54) is 17.7 Å². The van der Waals surface area contributed by atoms with Gasteiger partial charge in [0.1, 0.15) is 11.6 Å². The van der Waals surface area contributed by atoms with Gasteiger partial charge in [0.2, 0.25) is 5.91 Å². The van der Waals surface area contributed by atoms with Crippen LogP contribution in [0.1, 0.15) is 24.3 Å². The molecule has 1 aliphatic heterocycles. The molecule has 2 N–H and O–H groups in total. The molecule has 1 saturated carbocycles. The maximum absolute atomic E-state index is 13.7. The van der Waals surface area contributed by atoms with Crippen LogP contribution in [0, 0.1) is 17.6 Å². The highest BCUT2D eigenvalue weighted by Crippen LogP contribution is 2.48. The van der Waals surface area contributed by atoms with Gasteiger partial charge in [0.15, 0.2) is 0 Å². The summed E-state index contributed by atoms with van der Waals surface area (Å²) in [5.41, 5.74) is 1.67. The van der Waals surface area contributed by atoms with Gasteiger partial charge in [0.25, 0.3) is 0 Å². The summed E-state index contributed by atoms with van der Waals surface area (Å²) >= 11 is 0. The second-order valence-electron chi connectivity index (χ2n) is 5.65. The molecule has 0 radical (unpaired) electrons. The molecule has 1 aromatic rings. The van der Waals surface area contributed by atoms with E-state index in [9.17, 15) is 13.6 Å². The lowest BCUT2D eigenvalue weighted by atomic mass is 10.1. The van der Waals surface area contributed by atoms with Crippen LogP contribution in [0.15, 0.2) is 29.8 Å². The number of hydrogen-bond donors (Lipinski definition) is 2. The van der Waals surface area contributed by atoms with Crippen LogP contribution in [0.5, 0.6) is 0 Å². The van der Waals surface area contributed by atoms with Crippen molar-refractivity contribution >= 4 is 18.3 Å². The van der Waals surface area contributed by atoms with Gasteiger partial charge in [-0.2, -0.15) is 0 Å². The van der Waals surface area contributed by atoms with E-state index in [4.69, 9.17) is 0 Å². The first kappa shape index (κ1) is 16.9. The molecule has 0 aromatic heterocycles. The van der Waals surface area contributed by atoms with Crippen molar-refractivity contribution in [3.05, 3.63) is 47.0 Å². The zero-order valence-electron chi connectivity index (χ0n) is 12.1. The van der Waals surface area contributed by atoms with Crippen LogP contribution in [0.4, 0.5) is 8.78 Å². The number of rotatable bonds is 4. The Morgan fingerprint density at radius 2 is 2.18 bits per heavy atom. The van der Waals surface area contributed by atoms with Crippen LogP contribution in [0.3, 0.4) is 0 Å². The Kier molecular flexibility index (Phi) is 5.53. The monoisotopic (exact) mass is 328 g/mol. The molecule has 1 fully saturated rings. The number of amides is 1. The molecule has 6 heteroatoms. The minimum atomic E-state index is -0.587. The van der Waals surface area contributed by atoms with Crippen molar-refractivity contribution in [1.82, 2.24) is 10.6 Å². The molecular formula is C16H19ClF2N2O. The molecule has 120 valence electrons. The lowest BCUT2D eigenvalue weighted by molar-refractivity contribution is -0.122. The number of nitrogens with one attached hydrogen (secondary N) is 2. The van der Waals surface area contributed by atoms with Gasteiger partial charge in [0.05, 0.1) is 0 Å². The quantitative estimate of drug-likeness (QED) is 0.834. The third-order valence-corrected chi connectivity index (χ3v) is 4.14. The van der Waals surface area contributed by atoms with E-state index in [0.29, 0.717) is 18.5 Å². The zero-order valence-corrected chi connectivity index (χ0v) is 12.9. The standard InChI is InChI=1S/C16H18F2N2O.ClH/c17-11-1-2-12(15(18)7-11)13-8-14(13)16(21)20-9-10-3-5-19-6-4-10;/h1-3,7,13-14,19H,4-6,8-9H2,(H,20,21);1H. The maximum atomic E-state index is 13.7. The summed E-state index contributed by atoms with van der Waals surface area (Å²) < 4.78 is 26.5. The van der Waals surface area contributed by atoms with Crippen molar-refractivity contribution in [1.29, 1.82) is 0 Å². The van der Waals surface area contributed by atoms with Gasteiger partial charge in [-0.25, -0.2) is 8.78 Å². The Labute approximate surface area is 134 Å². The van der Waals surface area contributed by atoms with E-state index >= 15 is 0 Å². The highest BCUT2D eigenvalue weighted by Gasteiger charge is 2.45. The third kappa shape index (κ3) is 3.84. The van der Waals surface area contributed by atoms with Crippen molar-refractivity contribution < 1.29 is 13.6 Å². The molecular weight excluding hydrogens is 310 g/mol. The topological polar surface area (TPSA) is 41.1 Å². The number of carbonyl (C=O) groups is 1. The summed E-state index contributed by atoms with van der Waals surface area (Å²) in [6.07, 6.45) is 3.67. The van der Waals surface area contributed by atoms with E-state index in [0.717, 1.165) is 25.6 Å². The Bertz CT molecular complexity index is 592. The normalized spacial score (nSPS) is 23.3. The van der Waals surface area contributed by atoms with Crippen molar-refractivity contribution in [2.75, 3.05) is 19.6 Å². The number of benzene rings is 1. The Hall–Kier alpha value is -1.46. The highest BCUT2D eigenvalue weighted by atomic mass is 35.5. The molecule has 0 saturated heterocycles. The van der Waals surface area contributed by atoms with Gasteiger partial charge in [0, 0.05) is 25.1 Å². The van der Waals surface area contributed by atoms with Gasteiger partial charge in [-0.15, -0.1) is 12.4 Å². The van der Waals surface area contributed by atoms with E-state index < -0.39 is 11.6 Å². The molecule has 1 heterocycles. The van der Waals surface area contributed by atoms with Crippen LogP contribution in [-0.2, 0) is 4.79 Å². The lowest BCUT2D eigenvalue weighted by Crippen LogP contribution is -2.30. The summed E-state index contributed by atoms with van der Waals surface area (Å²) in [6, 6.07) is 3.56. The summed E-state index contributed by atoms with van der Waals surface area (Å²) in [6.45, 7) is 2.35. The van der Waals surface area contributed by atoms with Gasteiger partial charge in [-0.1, -0.05) is 17.7 Å². The zero-order chi connectivity index (χ0) is 14.8. The van der Waals surface area contributed by atoms with Gasteiger partial charge in [-0.3, -0.25) is 4.79 Å². The fraction of sp³-hybridized carbons (Fsp3) is 0.438. The van der Waals surface area contributed by atoms with Crippen molar-refractivity contribution in [3.63, 3.8) is 0 Å². The van der Waals surface area contributed by atoms with Gasteiger partial charge >= 0.3 is 0 Å². The second kappa shape index (κ2) is 7.20. The van der Waals surface area contributed by atoms with E-state index in [1.54, 1.807) is 0 Å². The van der Waals surface area contributed by atoms with Gasteiger partial charge < -0.3 is 10.6 Å². The first-order chi connectivity index (χ1) is 10.1. The molecule has 0 spiro atoms. The van der Waals surface area contributed by atoms with E-state index in [1.807, 2.05) is 0 Å². The molecule has 22 heavy (non-hydrogen) atoms. The van der Waals surface area contributed by atoms with Crippen LogP contribution in [-0.4, -0.2) is 25.5 Å². The molecule has 0 bridgehead atoms. The molecule has 1 aliphatic carbocycles. The predicted molar refractivity (Wildman–Crippen MR) is 83.0 cm³/mol. The second-order valence-corrected chi connectivity index (χ2v) is 5.65. The molecule has 3 nitrogen and oxygen atoms in total. The average molecular weight is 329 g/mol. The largest absolute Gasteiger partial charge is 0.352 e. The Morgan fingerprint density at radius 1 is 1.36 bits per heavy atom. The molecule has 1 amide bonds. The van der Waals surface area contributed by atoms with Crippen molar-refractivity contribution in [3.8, 4) is 0 Å². The van der Waals surface area contributed by atoms with Crippen LogP contribution >= 0.6 is 12.4 Å². The summed E-state index contributed by atoms with van der Waals surface area (Å²) in [4.78, 5) is 12.1. The first-order valence-electron chi connectivity index (χ1n) is 7.26. The fourth-order valence-electron chi connectivity index (χ4n) is 2.79. The molecule has 3 rings (SSSR count). The summed E-state index contributed by atoms with van der Waals surface area (Å²) in [5.74, 6) is -1.49. The van der Waals surface area contributed by atoms with Crippen LogP contribution < -0.4 is 10.6 Å². The summed E-state index contributed by atoms with van der Waals surface area (Å²) in [5, 5.41) is 6.13. The smallest absolute Gasteiger partial charge is 0.224 e. The number of hydrogen-bond acceptors (Lipinski definition) is 2.